The fourth-order valence-corrected chi connectivity index (χ4v) is 4.02. The highest BCUT2D eigenvalue weighted by Gasteiger charge is 2.65. The molecule has 8 heteroatoms. The summed E-state index contributed by atoms with van der Waals surface area (Å²) in [4.78, 5) is 37.5. The molecule has 25 heavy (non-hydrogen) atoms. The third-order valence-corrected chi connectivity index (χ3v) is 5.09. The van der Waals surface area contributed by atoms with Crippen molar-refractivity contribution >= 4 is 40.9 Å². The van der Waals surface area contributed by atoms with Gasteiger partial charge in [-0.25, -0.2) is 0 Å². The number of esters is 1. The molecule has 0 heterocycles. The molecule has 1 aromatic rings. The Bertz CT molecular complexity index is 710. The zero-order valence-corrected chi connectivity index (χ0v) is 15.2. The lowest BCUT2D eigenvalue weighted by Crippen LogP contribution is -2.58. The number of benzene rings is 1. The van der Waals surface area contributed by atoms with Crippen molar-refractivity contribution in [2.75, 3.05) is 6.61 Å². The Balaban J connectivity index is 2.78. The van der Waals surface area contributed by atoms with Crippen LogP contribution in [-0.4, -0.2) is 40.1 Å². The van der Waals surface area contributed by atoms with Crippen molar-refractivity contribution < 1.29 is 29.3 Å². The van der Waals surface area contributed by atoms with Gasteiger partial charge in [-0.1, -0.05) is 29.3 Å². The summed E-state index contributed by atoms with van der Waals surface area (Å²) >= 11 is 12.4. The molecular formula is C17H18Cl2O6. The minimum atomic E-state index is -2.51. The van der Waals surface area contributed by atoms with Crippen LogP contribution in [0.3, 0.4) is 0 Å². The average Bonchev–Trinajstić information content (AvgIpc) is 2.45. The van der Waals surface area contributed by atoms with E-state index in [1.807, 2.05) is 0 Å². The number of rotatable bonds is 4. The van der Waals surface area contributed by atoms with Crippen molar-refractivity contribution in [1.29, 1.82) is 0 Å². The van der Waals surface area contributed by atoms with Crippen LogP contribution in [-0.2, 0) is 19.1 Å². The van der Waals surface area contributed by atoms with Crippen LogP contribution in [0.2, 0.25) is 10.0 Å². The Labute approximate surface area is 154 Å². The molecule has 136 valence electrons. The van der Waals surface area contributed by atoms with Crippen molar-refractivity contribution in [3.05, 3.63) is 33.8 Å². The van der Waals surface area contributed by atoms with Gasteiger partial charge in [0.2, 0.25) is 5.41 Å². The Kier molecular flexibility index (Phi) is 5.47. The molecule has 0 amide bonds. The molecule has 1 aliphatic carbocycles. The molecule has 0 bridgehead atoms. The normalized spacial score (nSPS) is 29.3. The van der Waals surface area contributed by atoms with Crippen molar-refractivity contribution in [3.8, 4) is 0 Å². The minimum Gasteiger partial charge on any atom is -0.480 e. The second-order valence-electron chi connectivity index (χ2n) is 6.32. The standard InChI is InChI=1S/C17H18Cl2O6/c1-3-25-15(23)17(14(21)22)9(7-16(2,24)8-12(17)20)13-10(18)5-4-6-11(13)19/h4-6,9,24H,3,7-8H2,1-2H3,(H,21,22). The van der Waals surface area contributed by atoms with E-state index in [0.29, 0.717) is 0 Å². The van der Waals surface area contributed by atoms with Gasteiger partial charge in [0.15, 0.2) is 5.78 Å². The smallest absolute Gasteiger partial charge is 0.331 e. The maximum Gasteiger partial charge on any atom is 0.331 e. The van der Waals surface area contributed by atoms with Gasteiger partial charge in [-0.05, 0) is 38.0 Å². The molecule has 0 saturated heterocycles. The summed E-state index contributed by atoms with van der Waals surface area (Å²) in [5.41, 5.74) is -3.88. The van der Waals surface area contributed by atoms with Gasteiger partial charge in [0.1, 0.15) is 0 Å². The van der Waals surface area contributed by atoms with Gasteiger partial charge in [-0.2, -0.15) is 0 Å². The highest BCUT2D eigenvalue weighted by Crippen LogP contribution is 2.52. The zero-order chi connectivity index (χ0) is 19.0. The van der Waals surface area contributed by atoms with Gasteiger partial charge in [0.05, 0.1) is 12.2 Å². The molecule has 0 spiro atoms. The number of Topliss-reactive ketones (excluding diaryl/α,β-unsaturated/α-hetero) is 1. The van der Waals surface area contributed by atoms with Gasteiger partial charge in [0.25, 0.3) is 0 Å². The number of carbonyl (C=O) groups excluding carboxylic acids is 2. The molecule has 1 saturated carbocycles. The summed E-state index contributed by atoms with van der Waals surface area (Å²) in [6.45, 7) is 2.81. The van der Waals surface area contributed by atoms with Crippen molar-refractivity contribution in [2.24, 2.45) is 5.41 Å². The first-order chi connectivity index (χ1) is 11.6. The summed E-state index contributed by atoms with van der Waals surface area (Å²) in [6, 6.07) is 4.52. The number of hydrogen-bond acceptors (Lipinski definition) is 5. The van der Waals surface area contributed by atoms with Crippen LogP contribution in [0.5, 0.6) is 0 Å². The van der Waals surface area contributed by atoms with Crippen LogP contribution in [0.4, 0.5) is 0 Å². The fourth-order valence-electron chi connectivity index (χ4n) is 3.36. The molecular weight excluding hydrogens is 371 g/mol. The van der Waals surface area contributed by atoms with Crippen LogP contribution in [0.15, 0.2) is 18.2 Å². The van der Waals surface area contributed by atoms with E-state index in [2.05, 4.69) is 0 Å². The minimum absolute atomic E-state index is 0.0967. The van der Waals surface area contributed by atoms with Gasteiger partial charge in [-0.15, -0.1) is 0 Å². The summed E-state index contributed by atoms with van der Waals surface area (Å²) in [5.74, 6) is -5.02. The molecule has 0 aliphatic heterocycles. The first-order valence-corrected chi connectivity index (χ1v) is 8.43. The van der Waals surface area contributed by atoms with Crippen LogP contribution in [0.25, 0.3) is 0 Å². The van der Waals surface area contributed by atoms with Gasteiger partial charge < -0.3 is 14.9 Å². The number of carboxylic acids is 1. The molecule has 2 rings (SSSR count). The summed E-state index contributed by atoms with van der Waals surface area (Å²) in [5, 5.41) is 20.5. The number of hydrogen-bond donors (Lipinski definition) is 2. The van der Waals surface area contributed by atoms with Crippen LogP contribution in [0.1, 0.15) is 38.2 Å². The molecule has 1 aromatic carbocycles. The number of ether oxygens (including phenoxy) is 1. The number of carboxylic acid groups (broad SMARTS) is 1. The predicted molar refractivity (Wildman–Crippen MR) is 90.8 cm³/mol. The largest absolute Gasteiger partial charge is 0.480 e. The molecule has 2 N–H and O–H groups in total. The van der Waals surface area contributed by atoms with Crippen molar-refractivity contribution in [3.63, 3.8) is 0 Å². The van der Waals surface area contributed by atoms with Crippen LogP contribution < -0.4 is 0 Å². The lowest BCUT2D eigenvalue weighted by molar-refractivity contribution is -0.179. The summed E-state index contributed by atoms with van der Waals surface area (Å²) in [6.07, 6.45) is -0.677. The molecule has 0 radical (unpaired) electrons. The Morgan fingerprint density at radius 2 is 1.88 bits per heavy atom. The van der Waals surface area contributed by atoms with Gasteiger partial charge >= 0.3 is 11.9 Å². The fraction of sp³-hybridized carbons (Fsp3) is 0.471. The summed E-state index contributed by atoms with van der Waals surface area (Å²) in [7, 11) is 0. The Hall–Kier alpha value is -1.63. The Morgan fingerprint density at radius 3 is 2.36 bits per heavy atom. The molecule has 0 aromatic heterocycles. The topological polar surface area (TPSA) is 101 Å². The van der Waals surface area contributed by atoms with Crippen LogP contribution >= 0.6 is 23.2 Å². The monoisotopic (exact) mass is 388 g/mol. The van der Waals surface area contributed by atoms with Crippen molar-refractivity contribution in [1.82, 2.24) is 0 Å². The third kappa shape index (κ3) is 3.26. The van der Waals surface area contributed by atoms with E-state index < -0.39 is 41.1 Å². The number of halogens is 2. The molecule has 1 aliphatic rings. The number of carbonyl (C=O) groups is 3. The molecule has 6 nitrogen and oxygen atoms in total. The maximum atomic E-state index is 12.8. The highest BCUT2D eigenvalue weighted by atomic mass is 35.5. The van der Waals surface area contributed by atoms with E-state index in [4.69, 9.17) is 27.9 Å². The number of ketones is 1. The SMILES string of the molecule is CCOC(=O)C1(C(=O)O)C(=O)CC(C)(O)CC1c1c(Cl)cccc1Cl. The van der Waals surface area contributed by atoms with E-state index in [1.54, 1.807) is 6.07 Å². The number of aliphatic carboxylic acids is 1. The molecule has 3 atom stereocenters. The number of aliphatic hydroxyl groups is 1. The maximum absolute atomic E-state index is 12.8. The van der Waals surface area contributed by atoms with E-state index >= 15 is 0 Å². The first-order valence-electron chi connectivity index (χ1n) is 7.68. The van der Waals surface area contributed by atoms with Gasteiger partial charge in [0, 0.05) is 22.4 Å². The van der Waals surface area contributed by atoms with Crippen molar-refractivity contribution in [2.45, 2.75) is 38.2 Å². The third-order valence-electron chi connectivity index (χ3n) is 4.43. The van der Waals surface area contributed by atoms with E-state index in [1.165, 1.54) is 26.0 Å². The quantitative estimate of drug-likeness (QED) is 0.607. The predicted octanol–water partition coefficient (Wildman–Crippen LogP) is 2.83. The van der Waals surface area contributed by atoms with E-state index in [0.717, 1.165) is 0 Å². The second-order valence-corrected chi connectivity index (χ2v) is 7.14. The molecule has 1 fully saturated rings. The van der Waals surface area contributed by atoms with E-state index in [-0.39, 0.29) is 28.6 Å². The van der Waals surface area contributed by atoms with E-state index in [9.17, 15) is 24.6 Å². The van der Waals surface area contributed by atoms with Crippen LogP contribution in [0, 0.1) is 5.41 Å². The second kappa shape index (κ2) is 6.94. The first kappa shape index (κ1) is 19.7. The van der Waals surface area contributed by atoms with Gasteiger partial charge in [-0.3, -0.25) is 14.4 Å². The lowest BCUT2D eigenvalue weighted by Gasteiger charge is -2.43. The summed E-state index contributed by atoms with van der Waals surface area (Å²) < 4.78 is 4.91. The highest BCUT2D eigenvalue weighted by molar-refractivity contribution is 6.36. The Morgan fingerprint density at radius 1 is 1.32 bits per heavy atom. The zero-order valence-electron chi connectivity index (χ0n) is 13.7. The average molecular weight is 389 g/mol. The lowest BCUT2D eigenvalue weighted by atomic mass is 9.59. The molecule has 3 unspecified atom stereocenters.